The number of nitrogens with two attached hydrogens (primary N) is 1. The molecule has 4 nitrogen and oxygen atoms in total. The van der Waals surface area contributed by atoms with Crippen LogP contribution < -0.4 is 15.2 Å². The second-order valence-electron chi connectivity index (χ2n) is 4.32. The highest BCUT2D eigenvalue weighted by Gasteiger charge is 2.25. The van der Waals surface area contributed by atoms with Crippen molar-refractivity contribution in [2.75, 3.05) is 6.79 Å². The molecule has 2 atom stereocenters. The summed E-state index contributed by atoms with van der Waals surface area (Å²) in [4.78, 5) is 0. The van der Waals surface area contributed by atoms with E-state index in [9.17, 15) is 5.11 Å². The van der Waals surface area contributed by atoms with Crippen molar-refractivity contribution in [3.63, 3.8) is 0 Å². The van der Waals surface area contributed by atoms with Crippen LogP contribution in [0.2, 0.25) is 0 Å². The zero-order chi connectivity index (χ0) is 12.3. The largest absolute Gasteiger partial charge is 0.454 e. The number of ether oxygens (including phenoxy) is 2. The summed E-state index contributed by atoms with van der Waals surface area (Å²) in [5.74, 6) is 1.39. The first kappa shape index (κ1) is 12.2. The molecular formula is C13H19NO3. The van der Waals surface area contributed by atoms with E-state index in [0.717, 1.165) is 18.4 Å². The van der Waals surface area contributed by atoms with Crippen molar-refractivity contribution in [2.24, 2.45) is 5.73 Å². The summed E-state index contributed by atoms with van der Waals surface area (Å²) in [5, 5.41) is 10.0. The summed E-state index contributed by atoms with van der Waals surface area (Å²) in [7, 11) is 0. The third-order valence-electron chi connectivity index (χ3n) is 3.05. The van der Waals surface area contributed by atoms with Crippen LogP contribution in [0.25, 0.3) is 0 Å². The Morgan fingerprint density at radius 2 is 2.24 bits per heavy atom. The SMILES string of the molecule is CCCC[C@@H](O)[C@@H](N)c1cccc2c1OCO2. The highest BCUT2D eigenvalue weighted by Crippen LogP contribution is 2.38. The number of hydrogen-bond donors (Lipinski definition) is 2. The van der Waals surface area contributed by atoms with Gasteiger partial charge in [0.1, 0.15) is 0 Å². The lowest BCUT2D eigenvalue weighted by atomic mass is 9.97. The van der Waals surface area contributed by atoms with Gasteiger partial charge in [0.2, 0.25) is 6.79 Å². The third kappa shape index (κ3) is 2.53. The molecule has 1 heterocycles. The van der Waals surface area contributed by atoms with Crippen molar-refractivity contribution in [1.29, 1.82) is 0 Å². The Balaban J connectivity index is 2.14. The average molecular weight is 237 g/mol. The molecule has 0 aromatic heterocycles. The van der Waals surface area contributed by atoms with Gasteiger partial charge in [0.15, 0.2) is 11.5 Å². The topological polar surface area (TPSA) is 64.7 Å². The predicted octanol–water partition coefficient (Wildman–Crippen LogP) is 1.97. The Bertz CT molecular complexity index is 381. The lowest BCUT2D eigenvalue weighted by Crippen LogP contribution is -2.26. The molecule has 0 saturated carbocycles. The summed E-state index contributed by atoms with van der Waals surface area (Å²) >= 11 is 0. The van der Waals surface area contributed by atoms with Crippen LogP contribution in [0.5, 0.6) is 11.5 Å². The monoisotopic (exact) mass is 237 g/mol. The van der Waals surface area contributed by atoms with E-state index in [4.69, 9.17) is 15.2 Å². The molecule has 0 radical (unpaired) electrons. The van der Waals surface area contributed by atoms with Crippen LogP contribution in [0, 0.1) is 0 Å². The Labute approximate surface area is 101 Å². The van der Waals surface area contributed by atoms with E-state index in [0.29, 0.717) is 17.9 Å². The minimum atomic E-state index is -0.536. The number of hydrogen-bond acceptors (Lipinski definition) is 4. The minimum Gasteiger partial charge on any atom is -0.454 e. The first-order chi connectivity index (χ1) is 8.24. The van der Waals surface area contributed by atoms with E-state index in [1.165, 1.54) is 0 Å². The second-order valence-corrected chi connectivity index (χ2v) is 4.32. The first-order valence-electron chi connectivity index (χ1n) is 6.06. The van der Waals surface area contributed by atoms with Gasteiger partial charge in [0, 0.05) is 5.56 Å². The van der Waals surface area contributed by atoms with Crippen molar-refractivity contribution in [3.05, 3.63) is 23.8 Å². The molecule has 0 saturated heterocycles. The summed E-state index contributed by atoms with van der Waals surface area (Å²) in [6.45, 7) is 2.32. The highest BCUT2D eigenvalue weighted by atomic mass is 16.7. The van der Waals surface area contributed by atoms with Gasteiger partial charge in [-0.05, 0) is 12.5 Å². The third-order valence-corrected chi connectivity index (χ3v) is 3.05. The molecule has 2 rings (SSSR count). The van der Waals surface area contributed by atoms with Gasteiger partial charge in [-0.15, -0.1) is 0 Å². The molecule has 94 valence electrons. The lowest BCUT2D eigenvalue weighted by Gasteiger charge is -2.20. The van der Waals surface area contributed by atoms with Crippen molar-refractivity contribution in [1.82, 2.24) is 0 Å². The summed E-state index contributed by atoms with van der Waals surface area (Å²) < 4.78 is 10.7. The minimum absolute atomic E-state index is 0.226. The Hall–Kier alpha value is -1.26. The summed E-state index contributed by atoms with van der Waals surface area (Å²) in [5.41, 5.74) is 6.89. The maximum atomic E-state index is 10.0. The van der Waals surface area contributed by atoms with Crippen molar-refractivity contribution < 1.29 is 14.6 Å². The number of aliphatic hydroxyl groups is 1. The molecule has 17 heavy (non-hydrogen) atoms. The van der Waals surface area contributed by atoms with E-state index in [-0.39, 0.29) is 6.79 Å². The molecule has 1 aromatic carbocycles. The zero-order valence-corrected chi connectivity index (χ0v) is 10.1. The van der Waals surface area contributed by atoms with E-state index >= 15 is 0 Å². The molecule has 0 aliphatic carbocycles. The van der Waals surface area contributed by atoms with Crippen LogP contribution in [-0.4, -0.2) is 18.0 Å². The molecule has 4 heteroatoms. The fraction of sp³-hybridized carbons (Fsp3) is 0.538. The lowest BCUT2D eigenvalue weighted by molar-refractivity contribution is 0.129. The number of benzene rings is 1. The molecule has 0 spiro atoms. The fourth-order valence-electron chi connectivity index (χ4n) is 2.02. The first-order valence-corrected chi connectivity index (χ1v) is 6.06. The molecule has 1 aromatic rings. The predicted molar refractivity (Wildman–Crippen MR) is 65.0 cm³/mol. The second kappa shape index (κ2) is 5.38. The van der Waals surface area contributed by atoms with Crippen LogP contribution in [0.1, 0.15) is 37.8 Å². The highest BCUT2D eigenvalue weighted by molar-refractivity contribution is 5.49. The average Bonchev–Trinajstić information content (AvgIpc) is 2.82. The number of para-hydroxylation sites is 1. The summed E-state index contributed by atoms with van der Waals surface area (Å²) in [6, 6.07) is 5.18. The van der Waals surface area contributed by atoms with Crippen molar-refractivity contribution >= 4 is 0 Å². The summed E-state index contributed by atoms with van der Waals surface area (Å²) in [6.07, 6.45) is 2.20. The molecule has 1 aliphatic heterocycles. The van der Waals surface area contributed by atoms with Gasteiger partial charge in [-0.3, -0.25) is 0 Å². The maximum absolute atomic E-state index is 10.0. The van der Waals surface area contributed by atoms with Gasteiger partial charge in [0.05, 0.1) is 12.1 Å². The van der Waals surface area contributed by atoms with Gasteiger partial charge in [-0.25, -0.2) is 0 Å². The van der Waals surface area contributed by atoms with Gasteiger partial charge in [-0.2, -0.15) is 0 Å². The Morgan fingerprint density at radius 3 is 3.00 bits per heavy atom. The van der Waals surface area contributed by atoms with Crippen LogP contribution >= 0.6 is 0 Å². The van der Waals surface area contributed by atoms with Crippen molar-refractivity contribution in [2.45, 2.75) is 38.3 Å². The van der Waals surface area contributed by atoms with Gasteiger partial charge in [0.25, 0.3) is 0 Å². The standard InChI is InChI=1S/C13H19NO3/c1-2-3-6-10(15)12(14)9-5-4-7-11-13(9)17-8-16-11/h4-5,7,10,12,15H,2-3,6,8,14H2,1H3/t10-,12+/m1/s1. The zero-order valence-electron chi connectivity index (χ0n) is 10.1. The smallest absolute Gasteiger partial charge is 0.231 e. The van der Waals surface area contributed by atoms with Gasteiger partial charge in [-0.1, -0.05) is 31.9 Å². The van der Waals surface area contributed by atoms with Gasteiger partial charge < -0.3 is 20.3 Å². The van der Waals surface area contributed by atoms with Crippen LogP contribution in [0.15, 0.2) is 18.2 Å². The van der Waals surface area contributed by atoms with E-state index in [1.807, 2.05) is 18.2 Å². The Kier molecular flexibility index (Phi) is 3.86. The number of aliphatic hydroxyl groups excluding tert-OH is 1. The number of unbranched alkanes of at least 4 members (excludes halogenated alkanes) is 1. The molecule has 0 amide bonds. The molecule has 0 fully saturated rings. The molecule has 0 unspecified atom stereocenters. The fourth-order valence-corrected chi connectivity index (χ4v) is 2.02. The van der Waals surface area contributed by atoms with Crippen LogP contribution in [-0.2, 0) is 0 Å². The molecule has 0 bridgehead atoms. The van der Waals surface area contributed by atoms with Crippen LogP contribution in [0.3, 0.4) is 0 Å². The van der Waals surface area contributed by atoms with E-state index in [2.05, 4.69) is 6.92 Å². The van der Waals surface area contributed by atoms with Gasteiger partial charge >= 0.3 is 0 Å². The maximum Gasteiger partial charge on any atom is 0.231 e. The normalized spacial score (nSPS) is 16.9. The molecule has 1 aliphatic rings. The van der Waals surface area contributed by atoms with Crippen LogP contribution in [0.4, 0.5) is 0 Å². The van der Waals surface area contributed by atoms with E-state index < -0.39 is 12.1 Å². The molecular weight excluding hydrogens is 218 g/mol. The molecule has 3 N–H and O–H groups in total. The number of rotatable bonds is 5. The number of fused-ring (bicyclic) bond motifs is 1. The Morgan fingerprint density at radius 1 is 1.41 bits per heavy atom. The van der Waals surface area contributed by atoms with Crippen molar-refractivity contribution in [3.8, 4) is 11.5 Å². The quantitative estimate of drug-likeness (QED) is 0.821. The van der Waals surface area contributed by atoms with E-state index in [1.54, 1.807) is 0 Å².